The van der Waals surface area contributed by atoms with Crippen molar-refractivity contribution in [2.24, 2.45) is 0 Å². The number of anilines is 1. The third-order valence-electron chi connectivity index (χ3n) is 5.03. The molecule has 1 atom stereocenters. The Labute approximate surface area is 190 Å². The van der Waals surface area contributed by atoms with Gasteiger partial charge < -0.3 is 4.74 Å². The van der Waals surface area contributed by atoms with Crippen LogP contribution in [0.15, 0.2) is 48.5 Å². The summed E-state index contributed by atoms with van der Waals surface area (Å²) in [5.74, 6) is -1.00. The molecule has 2 amide bonds. The van der Waals surface area contributed by atoms with Gasteiger partial charge in [0.1, 0.15) is 5.60 Å². The number of hydrogen-bond acceptors (Lipinski definition) is 4. The standard InChI is InChI=1S/C24H26F3NO3S/c1-21(2,3)15-11-13-16(14-12-15)23(32-24(25,26)27)17-9-7-8-10-18(17)28(19(23)29)20(30)31-22(4,5)6/h7-14H,1-6H3/t23-/m0/s1. The fourth-order valence-electron chi connectivity index (χ4n) is 3.65. The first-order valence-corrected chi connectivity index (χ1v) is 10.9. The molecule has 0 fully saturated rings. The number of nitrogens with zero attached hydrogens (tertiary/aromatic N) is 1. The molecule has 1 heterocycles. The van der Waals surface area contributed by atoms with Crippen LogP contribution in [-0.2, 0) is 19.7 Å². The lowest BCUT2D eigenvalue weighted by molar-refractivity contribution is -0.119. The Morgan fingerprint density at radius 2 is 1.50 bits per heavy atom. The molecule has 172 valence electrons. The number of amides is 2. The number of fused-ring (bicyclic) bond motifs is 1. The van der Waals surface area contributed by atoms with E-state index in [0.717, 1.165) is 10.5 Å². The maximum atomic E-state index is 13.8. The lowest BCUT2D eigenvalue weighted by Gasteiger charge is -2.30. The molecular formula is C24H26F3NO3S. The van der Waals surface area contributed by atoms with E-state index in [2.05, 4.69) is 0 Å². The van der Waals surface area contributed by atoms with Gasteiger partial charge in [-0.15, -0.1) is 0 Å². The lowest BCUT2D eigenvalue weighted by atomic mass is 9.84. The number of carbonyl (C=O) groups is 2. The number of rotatable bonds is 2. The molecule has 0 bridgehead atoms. The number of benzene rings is 2. The highest BCUT2D eigenvalue weighted by atomic mass is 32.2. The third-order valence-corrected chi connectivity index (χ3v) is 6.20. The first-order valence-electron chi connectivity index (χ1n) is 10.1. The van der Waals surface area contributed by atoms with Gasteiger partial charge in [0, 0.05) is 5.56 Å². The minimum absolute atomic E-state index is 0.0865. The van der Waals surface area contributed by atoms with Gasteiger partial charge in [-0.05, 0) is 55.1 Å². The zero-order chi connectivity index (χ0) is 24.1. The predicted molar refractivity (Wildman–Crippen MR) is 120 cm³/mol. The second-order valence-corrected chi connectivity index (χ2v) is 11.0. The van der Waals surface area contributed by atoms with E-state index in [1.165, 1.54) is 24.3 Å². The van der Waals surface area contributed by atoms with E-state index in [4.69, 9.17) is 4.74 Å². The summed E-state index contributed by atoms with van der Waals surface area (Å²) in [7, 11) is 0. The molecule has 1 aliphatic heterocycles. The van der Waals surface area contributed by atoms with Crippen LogP contribution in [-0.4, -0.2) is 23.1 Å². The largest absolute Gasteiger partial charge is 0.443 e. The van der Waals surface area contributed by atoms with Gasteiger partial charge in [0.05, 0.1) is 5.69 Å². The highest BCUT2D eigenvalue weighted by Crippen LogP contribution is 2.58. The number of alkyl halides is 3. The van der Waals surface area contributed by atoms with Gasteiger partial charge in [0.15, 0.2) is 4.75 Å². The van der Waals surface area contributed by atoms with Crippen molar-refractivity contribution < 1.29 is 27.5 Å². The van der Waals surface area contributed by atoms with Crippen molar-refractivity contribution in [2.45, 2.75) is 62.8 Å². The van der Waals surface area contributed by atoms with Crippen molar-refractivity contribution in [1.29, 1.82) is 0 Å². The van der Waals surface area contributed by atoms with Crippen LogP contribution in [0.3, 0.4) is 0 Å². The number of carbonyl (C=O) groups excluding carboxylic acids is 2. The molecule has 0 aromatic heterocycles. The second-order valence-electron chi connectivity index (χ2n) is 9.69. The number of ether oxygens (including phenoxy) is 1. The molecule has 0 aliphatic carbocycles. The molecule has 0 unspecified atom stereocenters. The summed E-state index contributed by atoms with van der Waals surface area (Å²) >= 11 is -0.431. The number of thioether (sulfide) groups is 1. The van der Waals surface area contributed by atoms with Crippen molar-refractivity contribution in [3.8, 4) is 0 Å². The van der Waals surface area contributed by atoms with Crippen LogP contribution in [0, 0.1) is 0 Å². The van der Waals surface area contributed by atoms with Gasteiger partial charge in [-0.2, -0.15) is 13.2 Å². The molecule has 8 heteroatoms. The van der Waals surface area contributed by atoms with Crippen LogP contribution in [0.4, 0.5) is 23.7 Å². The first-order chi connectivity index (χ1) is 14.6. The number of halogens is 3. The molecule has 0 saturated heterocycles. The molecule has 0 saturated carbocycles. The van der Waals surface area contributed by atoms with E-state index in [1.807, 2.05) is 20.8 Å². The van der Waals surface area contributed by atoms with E-state index in [-0.39, 0.29) is 22.2 Å². The molecule has 0 spiro atoms. The van der Waals surface area contributed by atoms with Crippen molar-refractivity contribution in [1.82, 2.24) is 0 Å². The summed E-state index contributed by atoms with van der Waals surface area (Å²) in [5, 5.41) is 0. The average Bonchev–Trinajstić information content (AvgIpc) is 2.88. The molecule has 4 nitrogen and oxygen atoms in total. The highest BCUT2D eigenvalue weighted by molar-refractivity contribution is 8.02. The Bertz CT molecular complexity index is 1040. The van der Waals surface area contributed by atoms with Gasteiger partial charge in [0.25, 0.3) is 5.91 Å². The maximum Gasteiger partial charge on any atom is 0.443 e. The molecule has 1 aliphatic rings. The van der Waals surface area contributed by atoms with E-state index in [1.54, 1.807) is 45.0 Å². The molecule has 2 aromatic carbocycles. The summed E-state index contributed by atoms with van der Waals surface area (Å²) in [4.78, 5) is 27.3. The van der Waals surface area contributed by atoms with Crippen LogP contribution in [0.2, 0.25) is 0 Å². The minimum Gasteiger partial charge on any atom is -0.443 e. The number of para-hydroxylation sites is 1. The van der Waals surface area contributed by atoms with Crippen LogP contribution in [0.1, 0.15) is 58.2 Å². The van der Waals surface area contributed by atoms with Crippen molar-refractivity contribution in [2.75, 3.05) is 4.90 Å². The second kappa shape index (κ2) is 7.83. The first kappa shape index (κ1) is 24.2. The Balaban J connectivity index is 2.24. The summed E-state index contributed by atoms with van der Waals surface area (Å²) < 4.78 is 44.7. The summed E-state index contributed by atoms with van der Waals surface area (Å²) in [6, 6.07) is 12.5. The molecule has 3 rings (SSSR count). The average molecular weight is 466 g/mol. The molecule has 0 N–H and O–H groups in total. The van der Waals surface area contributed by atoms with E-state index in [9.17, 15) is 22.8 Å². The van der Waals surface area contributed by atoms with Crippen LogP contribution >= 0.6 is 11.8 Å². The zero-order valence-corrected chi connectivity index (χ0v) is 19.6. The number of hydrogen-bond donors (Lipinski definition) is 0. The topological polar surface area (TPSA) is 46.6 Å². The van der Waals surface area contributed by atoms with Crippen LogP contribution < -0.4 is 4.90 Å². The lowest BCUT2D eigenvalue weighted by Crippen LogP contribution is -2.45. The van der Waals surface area contributed by atoms with Crippen LogP contribution in [0.5, 0.6) is 0 Å². The van der Waals surface area contributed by atoms with Gasteiger partial charge >= 0.3 is 11.6 Å². The van der Waals surface area contributed by atoms with E-state index >= 15 is 0 Å². The van der Waals surface area contributed by atoms with Gasteiger partial charge in [0.2, 0.25) is 0 Å². The molecule has 2 aromatic rings. The third kappa shape index (κ3) is 4.51. The molecule has 0 radical (unpaired) electrons. The van der Waals surface area contributed by atoms with Crippen molar-refractivity contribution in [3.05, 3.63) is 65.2 Å². The Hall–Kier alpha value is -2.48. The summed E-state index contributed by atoms with van der Waals surface area (Å²) in [5.41, 5.74) is -4.64. The van der Waals surface area contributed by atoms with Crippen LogP contribution in [0.25, 0.3) is 0 Å². The summed E-state index contributed by atoms with van der Waals surface area (Å²) in [6.45, 7) is 10.8. The fourth-order valence-corrected chi connectivity index (χ4v) is 4.71. The Kier molecular flexibility index (Phi) is 5.91. The van der Waals surface area contributed by atoms with Gasteiger partial charge in [-0.1, -0.05) is 63.2 Å². The smallest absolute Gasteiger partial charge is 0.443 e. The van der Waals surface area contributed by atoms with Crippen molar-refractivity contribution in [3.63, 3.8) is 0 Å². The Morgan fingerprint density at radius 1 is 0.938 bits per heavy atom. The van der Waals surface area contributed by atoms with E-state index in [0.29, 0.717) is 0 Å². The quantitative estimate of drug-likeness (QED) is 0.491. The molecular weight excluding hydrogens is 439 g/mol. The number of imide groups is 1. The zero-order valence-electron chi connectivity index (χ0n) is 18.8. The predicted octanol–water partition coefficient (Wildman–Crippen LogP) is 6.76. The highest BCUT2D eigenvalue weighted by Gasteiger charge is 2.60. The summed E-state index contributed by atoms with van der Waals surface area (Å²) in [6.07, 6.45) is -1.01. The minimum atomic E-state index is -4.74. The monoisotopic (exact) mass is 465 g/mol. The molecule has 32 heavy (non-hydrogen) atoms. The van der Waals surface area contributed by atoms with Crippen molar-refractivity contribution >= 4 is 29.4 Å². The maximum absolute atomic E-state index is 13.8. The van der Waals surface area contributed by atoms with Gasteiger partial charge in [-0.3, -0.25) is 4.79 Å². The fraction of sp³-hybridized carbons (Fsp3) is 0.417. The van der Waals surface area contributed by atoms with E-state index < -0.39 is 39.6 Å². The SMILES string of the molecule is CC(C)(C)OC(=O)N1C(=O)[C@](SC(F)(F)F)(c2ccc(C(C)(C)C)cc2)c2ccccc21. The normalized spacial score (nSPS) is 19.2. The Morgan fingerprint density at radius 3 is 2.00 bits per heavy atom. The van der Waals surface area contributed by atoms with Gasteiger partial charge in [-0.25, -0.2) is 9.69 Å².